The fourth-order valence-electron chi connectivity index (χ4n) is 1.92. The molecule has 0 radical (unpaired) electrons. The Morgan fingerprint density at radius 2 is 2.00 bits per heavy atom. The minimum absolute atomic E-state index is 0.549. The molecule has 0 saturated carbocycles. The van der Waals surface area contributed by atoms with Gasteiger partial charge >= 0.3 is 5.97 Å². The quantitative estimate of drug-likeness (QED) is 0.915. The number of rotatable bonds is 4. The number of likely N-dealkylation sites (N-methyl/N-ethyl adjacent to an activating group) is 1. The average molecular weight is 258 g/mol. The average Bonchev–Trinajstić information content (AvgIpc) is 2.39. The van der Waals surface area contributed by atoms with E-state index in [9.17, 15) is 9.90 Å². The van der Waals surface area contributed by atoms with Gasteiger partial charge in [-0.3, -0.25) is 14.7 Å². The summed E-state index contributed by atoms with van der Waals surface area (Å²) in [4.78, 5) is 17.3. The number of fused-ring (bicyclic) bond motifs is 1. The van der Waals surface area contributed by atoms with Gasteiger partial charge in [0.1, 0.15) is 5.54 Å². The van der Waals surface area contributed by atoms with E-state index in [0.29, 0.717) is 6.54 Å². The molecule has 4 nitrogen and oxygen atoms in total. The van der Waals surface area contributed by atoms with Crippen LogP contribution in [0.25, 0.3) is 10.8 Å². The maximum Gasteiger partial charge on any atom is 0.323 e. The van der Waals surface area contributed by atoms with Crippen LogP contribution in [-0.2, 0) is 11.3 Å². The lowest BCUT2D eigenvalue weighted by Crippen LogP contribution is -2.47. The maximum atomic E-state index is 11.3. The van der Waals surface area contributed by atoms with Crippen LogP contribution in [0.3, 0.4) is 0 Å². The van der Waals surface area contributed by atoms with Gasteiger partial charge in [-0.15, -0.1) is 0 Å². The molecule has 0 unspecified atom stereocenters. The van der Waals surface area contributed by atoms with Crippen molar-refractivity contribution in [1.29, 1.82) is 0 Å². The summed E-state index contributed by atoms with van der Waals surface area (Å²) in [6.45, 7) is 3.95. The number of pyridine rings is 1. The Hall–Kier alpha value is -1.94. The van der Waals surface area contributed by atoms with Crippen molar-refractivity contribution >= 4 is 16.7 Å². The second kappa shape index (κ2) is 4.97. The van der Waals surface area contributed by atoms with Crippen LogP contribution in [0.15, 0.2) is 36.7 Å². The van der Waals surface area contributed by atoms with E-state index in [0.717, 1.165) is 16.3 Å². The predicted octanol–water partition coefficient (Wildman–Crippen LogP) is 2.53. The number of benzene rings is 1. The van der Waals surface area contributed by atoms with E-state index in [1.165, 1.54) is 0 Å². The monoisotopic (exact) mass is 258 g/mol. The summed E-state index contributed by atoms with van der Waals surface area (Å²) < 4.78 is 0. The van der Waals surface area contributed by atoms with Crippen molar-refractivity contribution in [3.63, 3.8) is 0 Å². The van der Waals surface area contributed by atoms with Crippen molar-refractivity contribution in [2.75, 3.05) is 7.05 Å². The van der Waals surface area contributed by atoms with Gasteiger partial charge in [-0.1, -0.05) is 24.3 Å². The molecule has 1 N–H and O–H groups in total. The van der Waals surface area contributed by atoms with E-state index < -0.39 is 11.5 Å². The summed E-state index contributed by atoms with van der Waals surface area (Å²) in [6.07, 6.45) is 3.62. The lowest BCUT2D eigenvalue weighted by molar-refractivity contribution is -0.148. The van der Waals surface area contributed by atoms with E-state index >= 15 is 0 Å². The second-order valence-corrected chi connectivity index (χ2v) is 5.24. The third-order valence-electron chi connectivity index (χ3n) is 3.64. The summed E-state index contributed by atoms with van der Waals surface area (Å²) in [5.74, 6) is -0.830. The van der Waals surface area contributed by atoms with Crippen LogP contribution in [0.2, 0.25) is 0 Å². The fraction of sp³-hybridized carbons (Fsp3) is 0.333. The van der Waals surface area contributed by atoms with Crippen molar-refractivity contribution in [3.05, 3.63) is 42.2 Å². The van der Waals surface area contributed by atoms with Crippen molar-refractivity contribution in [3.8, 4) is 0 Å². The third kappa shape index (κ3) is 2.58. The van der Waals surface area contributed by atoms with Gasteiger partial charge in [-0.05, 0) is 31.8 Å². The van der Waals surface area contributed by atoms with Gasteiger partial charge in [0.2, 0.25) is 0 Å². The third-order valence-corrected chi connectivity index (χ3v) is 3.64. The molecule has 0 fully saturated rings. The Labute approximate surface area is 112 Å². The standard InChI is InChI=1S/C15H18N2O2/c1-15(2,14(18)19)17(3)10-12-9-16-8-11-6-4-5-7-13(11)12/h4-9H,10H2,1-3H3,(H,18,19). The lowest BCUT2D eigenvalue weighted by atomic mass is 10.0. The second-order valence-electron chi connectivity index (χ2n) is 5.24. The van der Waals surface area contributed by atoms with E-state index in [1.807, 2.05) is 42.4 Å². The van der Waals surface area contributed by atoms with Crippen LogP contribution in [0, 0.1) is 0 Å². The van der Waals surface area contributed by atoms with E-state index in [4.69, 9.17) is 0 Å². The molecule has 0 aliphatic rings. The summed E-state index contributed by atoms with van der Waals surface area (Å²) in [7, 11) is 1.82. The van der Waals surface area contributed by atoms with Gasteiger partial charge in [-0.25, -0.2) is 0 Å². The Morgan fingerprint density at radius 1 is 1.32 bits per heavy atom. The van der Waals surface area contributed by atoms with Crippen LogP contribution in [0.1, 0.15) is 19.4 Å². The highest BCUT2D eigenvalue weighted by atomic mass is 16.4. The largest absolute Gasteiger partial charge is 0.480 e. The van der Waals surface area contributed by atoms with E-state index in [-0.39, 0.29) is 0 Å². The zero-order chi connectivity index (χ0) is 14.0. The Bertz CT molecular complexity index is 603. The summed E-state index contributed by atoms with van der Waals surface area (Å²) in [6, 6.07) is 8.00. The molecule has 1 aromatic heterocycles. The molecule has 0 aliphatic carbocycles. The number of hydrogen-bond donors (Lipinski definition) is 1. The fourth-order valence-corrected chi connectivity index (χ4v) is 1.92. The SMILES string of the molecule is CN(Cc1cncc2ccccc12)C(C)(C)C(=O)O. The first-order valence-corrected chi connectivity index (χ1v) is 6.19. The normalized spacial score (nSPS) is 12.0. The Kier molecular flexibility index (Phi) is 3.53. The molecule has 100 valence electrons. The number of aliphatic carboxylic acids is 1. The van der Waals surface area contributed by atoms with Crippen LogP contribution >= 0.6 is 0 Å². The van der Waals surface area contributed by atoms with Crippen LogP contribution in [-0.4, -0.2) is 33.5 Å². The van der Waals surface area contributed by atoms with Crippen molar-refractivity contribution in [1.82, 2.24) is 9.88 Å². The summed E-state index contributed by atoms with van der Waals surface area (Å²) in [5.41, 5.74) is 0.131. The molecule has 0 saturated heterocycles. The smallest absolute Gasteiger partial charge is 0.323 e. The zero-order valence-electron chi connectivity index (χ0n) is 11.4. The topological polar surface area (TPSA) is 53.4 Å². The Morgan fingerprint density at radius 3 is 2.68 bits per heavy atom. The highest BCUT2D eigenvalue weighted by Crippen LogP contribution is 2.21. The molecule has 0 bridgehead atoms. The van der Waals surface area contributed by atoms with Gasteiger partial charge < -0.3 is 5.11 Å². The van der Waals surface area contributed by atoms with Gasteiger partial charge in [0, 0.05) is 24.3 Å². The summed E-state index contributed by atoms with van der Waals surface area (Å²) in [5, 5.41) is 11.4. The number of carboxylic acid groups (broad SMARTS) is 1. The maximum absolute atomic E-state index is 11.3. The van der Waals surface area contributed by atoms with Crippen molar-refractivity contribution in [2.24, 2.45) is 0 Å². The molecule has 2 rings (SSSR count). The predicted molar refractivity (Wildman–Crippen MR) is 74.9 cm³/mol. The first-order chi connectivity index (χ1) is 8.93. The Balaban J connectivity index is 2.34. The first kappa shape index (κ1) is 13.5. The van der Waals surface area contributed by atoms with Gasteiger partial charge in [0.15, 0.2) is 0 Å². The van der Waals surface area contributed by atoms with Gasteiger partial charge in [0.25, 0.3) is 0 Å². The van der Waals surface area contributed by atoms with E-state index in [2.05, 4.69) is 4.98 Å². The van der Waals surface area contributed by atoms with Crippen LogP contribution in [0.4, 0.5) is 0 Å². The van der Waals surface area contributed by atoms with E-state index in [1.54, 1.807) is 20.0 Å². The molecule has 0 spiro atoms. The molecular weight excluding hydrogens is 240 g/mol. The molecule has 19 heavy (non-hydrogen) atoms. The van der Waals surface area contributed by atoms with Gasteiger partial charge in [0.05, 0.1) is 0 Å². The zero-order valence-corrected chi connectivity index (χ0v) is 11.4. The number of carboxylic acids is 1. The number of aromatic nitrogens is 1. The van der Waals surface area contributed by atoms with Crippen molar-refractivity contribution in [2.45, 2.75) is 25.9 Å². The highest BCUT2D eigenvalue weighted by molar-refractivity contribution is 5.84. The molecule has 1 heterocycles. The number of hydrogen-bond acceptors (Lipinski definition) is 3. The number of carbonyl (C=O) groups is 1. The molecule has 2 aromatic rings. The molecular formula is C15H18N2O2. The molecule has 4 heteroatoms. The van der Waals surface area contributed by atoms with Crippen LogP contribution in [0.5, 0.6) is 0 Å². The minimum atomic E-state index is -0.906. The van der Waals surface area contributed by atoms with Crippen LogP contribution < -0.4 is 0 Å². The van der Waals surface area contributed by atoms with Gasteiger partial charge in [-0.2, -0.15) is 0 Å². The summed E-state index contributed by atoms with van der Waals surface area (Å²) >= 11 is 0. The van der Waals surface area contributed by atoms with Crippen molar-refractivity contribution < 1.29 is 9.90 Å². The highest BCUT2D eigenvalue weighted by Gasteiger charge is 2.32. The number of nitrogens with zero attached hydrogens (tertiary/aromatic N) is 2. The minimum Gasteiger partial charge on any atom is -0.480 e. The first-order valence-electron chi connectivity index (χ1n) is 6.19. The lowest BCUT2D eigenvalue weighted by Gasteiger charge is -2.31. The molecule has 0 aliphatic heterocycles. The molecule has 0 atom stereocenters. The molecule has 1 aromatic carbocycles. The molecule has 0 amide bonds.